The Balaban J connectivity index is 1.64. The van der Waals surface area contributed by atoms with Gasteiger partial charge in [-0.1, -0.05) is 25.4 Å². The van der Waals surface area contributed by atoms with Crippen LogP contribution in [0.5, 0.6) is 0 Å². The first-order valence-corrected chi connectivity index (χ1v) is 11.2. The third kappa shape index (κ3) is 4.89. The molecule has 1 aromatic heterocycles. The van der Waals surface area contributed by atoms with Crippen LogP contribution in [0.15, 0.2) is 23.0 Å². The van der Waals surface area contributed by atoms with Gasteiger partial charge in [0.05, 0.1) is 22.1 Å². The molecule has 0 spiro atoms. The van der Waals surface area contributed by atoms with Gasteiger partial charge in [0.2, 0.25) is 17.8 Å². The van der Waals surface area contributed by atoms with Gasteiger partial charge in [-0.05, 0) is 36.5 Å². The lowest BCUT2D eigenvalue weighted by atomic mass is 9.91. The molecule has 1 aromatic carbocycles. The zero-order valence-corrected chi connectivity index (χ0v) is 19.2. The maximum absolute atomic E-state index is 13.2. The topological polar surface area (TPSA) is 107 Å². The number of benzene rings is 1. The van der Waals surface area contributed by atoms with E-state index in [0.29, 0.717) is 36.9 Å². The third-order valence-corrected chi connectivity index (χ3v) is 6.29. The molecule has 0 aliphatic carbocycles. The average molecular weight is 498 g/mol. The van der Waals surface area contributed by atoms with Crippen molar-refractivity contribution < 1.29 is 22.8 Å². The van der Waals surface area contributed by atoms with Crippen molar-refractivity contribution in [2.24, 2.45) is 11.8 Å². The molecule has 1 fully saturated rings. The maximum atomic E-state index is 13.2. The summed E-state index contributed by atoms with van der Waals surface area (Å²) in [7, 11) is 0. The predicted molar refractivity (Wildman–Crippen MR) is 121 cm³/mol. The Bertz CT molecular complexity index is 1190. The minimum Gasteiger partial charge on any atom is -0.342 e. The number of hydrogen-bond donors (Lipinski definition) is 3. The molecule has 8 nitrogen and oxygen atoms in total. The van der Waals surface area contributed by atoms with Crippen LogP contribution in [0.3, 0.4) is 0 Å². The van der Waals surface area contributed by atoms with Crippen molar-refractivity contribution in [2.75, 3.05) is 28.6 Å². The van der Waals surface area contributed by atoms with Gasteiger partial charge < -0.3 is 15.5 Å². The highest BCUT2D eigenvalue weighted by atomic mass is 35.5. The number of nitrogens with zero attached hydrogens (tertiary/aromatic N) is 2. The van der Waals surface area contributed by atoms with E-state index in [-0.39, 0.29) is 23.5 Å². The summed E-state index contributed by atoms with van der Waals surface area (Å²) in [6.07, 6.45) is -4.01. The Labute approximate surface area is 197 Å². The number of H-pyrrole nitrogens is 1. The van der Waals surface area contributed by atoms with Crippen molar-refractivity contribution in [1.29, 1.82) is 0 Å². The Kier molecular flexibility index (Phi) is 6.32. The van der Waals surface area contributed by atoms with Gasteiger partial charge in [0.25, 0.3) is 5.56 Å². The molecule has 0 unspecified atom stereocenters. The molecule has 182 valence electrons. The van der Waals surface area contributed by atoms with Crippen molar-refractivity contribution in [3.05, 3.63) is 44.7 Å². The minimum atomic E-state index is -4.71. The van der Waals surface area contributed by atoms with Crippen LogP contribution < -0.4 is 21.1 Å². The first-order chi connectivity index (χ1) is 15.9. The van der Waals surface area contributed by atoms with Gasteiger partial charge in [0.1, 0.15) is 5.82 Å². The van der Waals surface area contributed by atoms with Crippen LogP contribution in [-0.4, -0.2) is 34.9 Å². The summed E-state index contributed by atoms with van der Waals surface area (Å²) in [5, 5.41) is 4.39. The van der Waals surface area contributed by atoms with Gasteiger partial charge >= 0.3 is 6.18 Å². The van der Waals surface area contributed by atoms with Crippen molar-refractivity contribution in [3.8, 4) is 0 Å². The van der Waals surface area contributed by atoms with Crippen LogP contribution in [0.4, 0.5) is 30.6 Å². The lowest BCUT2D eigenvalue weighted by Gasteiger charge is -2.35. The Morgan fingerprint density at radius 3 is 2.53 bits per heavy atom. The van der Waals surface area contributed by atoms with Gasteiger partial charge in [-0.3, -0.25) is 19.4 Å². The number of halogens is 4. The largest absolute Gasteiger partial charge is 0.417 e. The second kappa shape index (κ2) is 8.94. The molecule has 3 N–H and O–H groups in total. The highest BCUT2D eigenvalue weighted by molar-refractivity contribution is 6.31. The molecule has 1 saturated heterocycles. The quantitative estimate of drug-likeness (QED) is 0.594. The van der Waals surface area contributed by atoms with Crippen molar-refractivity contribution in [1.82, 2.24) is 9.97 Å². The van der Waals surface area contributed by atoms with E-state index in [1.807, 2.05) is 4.90 Å². The number of amides is 2. The van der Waals surface area contributed by atoms with Crippen molar-refractivity contribution in [2.45, 2.75) is 38.8 Å². The van der Waals surface area contributed by atoms with E-state index in [2.05, 4.69) is 34.4 Å². The summed E-state index contributed by atoms with van der Waals surface area (Å²) in [5.41, 5.74) is -1.89. The number of aromatic amines is 1. The standard InChI is InChI=1S/C22H23ClF3N5O3/c1-10-5-11(2)9-31(8-10)21-29-18-17(20(34)30-21)13(7-16(32)28-18)19(33)27-12-3-4-15(23)14(6-12)22(24,25)26/h3-4,6,10-11,13H,5,7-9H2,1-2H3,(H,27,33)(H2,28,29,30,32,34)/t10-,11-,13-/m0/s1. The Hall–Kier alpha value is -3.08. The molecule has 0 radical (unpaired) electrons. The van der Waals surface area contributed by atoms with E-state index < -0.39 is 40.1 Å². The molecule has 3 atom stereocenters. The number of alkyl halides is 3. The van der Waals surface area contributed by atoms with Crippen LogP contribution in [0.25, 0.3) is 0 Å². The fourth-order valence-corrected chi connectivity index (χ4v) is 4.84. The smallest absolute Gasteiger partial charge is 0.342 e. The van der Waals surface area contributed by atoms with Crippen LogP contribution in [0.1, 0.15) is 43.7 Å². The first-order valence-electron chi connectivity index (χ1n) is 10.8. The highest BCUT2D eigenvalue weighted by Gasteiger charge is 2.37. The minimum absolute atomic E-state index is 0.0203. The normalized spacial score (nSPS) is 22.7. The molecule has 12 heteroatoms. The van der Waals surface area contributed by atoms with Crippen LogP contribution in [0.2, 0.25) is 5.02 Å². The summed E-state index contributed by atoms with van der Waals surface area (Å²) in [5.74, 6) is -1.49. The number of rotatable bonds is 3. The molecular weight excluding hydrogens is 475 g/mol. The zero-order valence-electron chi connectivity index (χ0n) is 18.4. The summed E-state index contributed by atoms with van der Waals surface area (Å²) in [6.45, 7) is 5.56. The molecule has 2 aromatic rings. The maximum Gasteiger partial charge on any atom is 0.417 e. The van der Waals surface area contributed by atoms with Crippen LogP contribution >= 0.6 is 11.6 Å². The number of carbonyl (C=O) groups is 2. The average Bonchev–Trinajstić information content (AvgIpc) is 2.72. The van der Waals surface area contributed by atoms with E-state index in [9.17, 15) is 27.6 Å². The van der Waals surface area contributed by atoms with E-state index >= 15 is 0 Å². The van der Waals surface area contributed by atoms with E-state index in [1.165, 1.54) is 6.07 Å². The first kappa shape index (κ1) is 24.1. The van der Waals surface area contributed by atoms with Crippen molar-refractivity contribution in [3.63, 3.8) is 0 Å². The lowest BCUT2D eigenvalue weighted by Crippen LogP contribution is -2.42. The second-order valence-electron chi connectivity index (χ2n) is 8.99. The Morgan fingerprint density at radius 2 is 1.88 bits per heavy atom. The monoisotopic (exact) mass is 497 g/mol. The second-order valence-corrected chi connectivity index (χ2v) is 9.40. The fourth-order valence-electron chi connectivity index (χ4n) is 4.62. The summed E-state index contributed by atoms with van der Waals surface area (Å²) in [6, 6.07) is 2.93. The predicted octanol–water partition coefficient (Wildman–Crippen LogP) is 3.99. The molecule has 0 saturated carbocycles. The molecule has 34 heavy (non-hydrogen) atoms. The van der Waals surface area contributed by atoms with E-state index in [0.717, 1.165) is 12.5 Å². The molecule has 4 rings (SSSR count). The molecule has 2 aliphatic rings. The number of carbonyl (C=O) groups excluding carboxylic acids is 2. The molecular formula is C22H23ClF3N5O3. The van der Waals surface area contributed by atoms with Crippen LogP contribution in [-0.2, 0) is 15.8 Å². The number of fused-ring (bicyclic) bond motifs is 1. The van der Waals surface area contributed by atoms with Crippen LogP contribution in [0, 0.1) is 11.8 Å². The summed E-state index contributed by atoms with van der Waals surface area (Å²) in [4.78, 5) is 47.3. The molecule has 2 amide bonds. The SMILES string of the molecule is C[C@H]1C[C@H](C)CN(c2nc3c(c(=O)[nH]2)[C@@H](C(=O)Nc2ccc(Cl)c(C(F)(F)F)c2)CC(=O)N3)C1. The third-order valence-electron chi connectivity index (χ3n) is 5.96. The lowest BCUT2D eigenvalue weighted by molar-refractivity contribution is -0.137. The summed E-state index contributed by atoms with van der Waals surface area (Å²) < 4.78 is 39.5. The van der Waals surface area contributed by atoms with Gasteiger partial charge in [0.15, 0.2) is 0 Å². The number of nitrogens with one attached hydrogen (secondary N) is 3. The molecule has 2 aliphatic heterocycles. The Morgan fingerprint density at radius 1 is 1.21 bits per heavy atom. The number of piperidine rings is 1. The van der Waals surface area contributed by atoms with E-state index in [1.54, 1.807) is 0 Å². The van der Waals surface area contributed by atoms with Gasteiger partial charge in [0, 0.05) is 25.2 Å². The highest BCUT2D eigenvalue weighted by Crippen LogP contribution is 2.37. The van der Waals surface area contributed by atoms with Gasteiger partial charge in [-0.2, -0.15) is 18.2 Å². The zero-order chi connectivity index (χ0) is 24.8. The molecule has 3 heterocycles. The number of anilines is 3. The number of hydrogen-bond acceptors (Lipinski definition) is 5. The van der Waals surface area contributed by atoms with Gasteiger partial charge in [-0.15, -0.1) is 0 Å². The fraction of sp³-hybridized carbons (Fsp3) is 0.455. The summed E-state index contributed by atoms with van der Waals surface area (Å²) >= 11 is 5.63. The molecule has 0 bridgehead atoms. The van der Waals surface area contributed by atoms with Crippen molar-refractivity contribution >= 4 is 40.9 Å². The van der Waals surface area contributed by atoms with Gasteiger partial charge in [-0.25, -0.2) is 0 Å². The van der Waals surface area contributed by atoms with E-state index in [4.69, 9.17) is 11.6 Å². The number of aromatic nitrogens is 2.